The Hall–Kier alpha value is -0.820. The number of methoxy groups -OCH3 is 1. The summed E-state index contributed by atoms with van der Waals surface area (Å²) in [4.78, 5) is 0. The van der Waals surface area contributed by atoms with Gasteiger partial charge in [-0.3, -0.25) is 0 Å². The van der Waals surface area contributed by atoms with Gasteiger partial charge in [-0.15, -0.1) is 0 Å². The first-order valence-electron chi connectivity index (χ1n) is 6.98. The highest BCUT2D eigenvalue weighted by Crippen LogP contribution is 2.28. The summed E-state index contributed by atoms with van der Waals surface area (Å²) in [6.45, 7) is 3.72. The molecule has 1 saturated heterocycles. The Morgan fingerprint density at radius 3 is 2.86 bits per heavy atom. The second kappa shape index (κ2) is 6.96. The lowest BCUT2D eigenvalue weighted by molar-refractivity contribution is 0.394. The molecular formula is C14H21ClN2O3S. The molecule has 0 amide bonds. The van der Waals surface area contributed by atoms with Gasteiger partial charge in [-0.05, 0) is 31.5 Å². The number of nitrogens with one attached hydrogen (secondary N) is 1. The summed E-state index contributed by atoms with van der Waals surface area (Å²) in [5.74, 6) is 1.04. The second-order valence-corrected chi connectivity index (χ2v) is 7.66. The van der Waals surface area contributed by atoms with Crippen molar-refractivity contribution in [1.82, 2.24) is 9.62 Å². The minimum Gasteiger partial charge on any atom is -0.496 e. The monoisotopic (exact) mass is 332 g/mol. The van der Waals surface area contributed by atoms with E-state index in [1.807, 2.05) is 19.1 Å². The second-order valence-electron chi connectivity index (χ2n) is 5.13. The number of hydrogen-bond acceptors (Lipinski definition) is 4. The van der Waals surface area contributed by atoms with Crippen molar-refractivity contribution in [2.24, 2.45) is 0 Å². The van der Waals surface area contributed by atoms with Gasteiger partial charge >= 0.3 is 0 Å². The molecule has 0 radical (unpaired) electrons. The third-order valence-electron chi connectivity index (χ3n) is 3.67. The fraction of sp³-hybridized carbons (Fsp3) is 0.571. The summed E-state index contributed by atoms with van der Waals surface area (Å²) in [6, 6.07) is 5.52. The zero-order valence-corrected chi connectivity index (χ0v) is 13.9. The quantitative estimate of drug-likeness (QED) is 0.866. The summed E-state index contributed by atoms with van der Waals surface area (Å²) in [5, 5.41) is 3.97. The van der Waals surface area contributed by atoms with Crippen molar-refractivity contribution in [1.29, 1.82) is 0 Å². The molecule has 0 aromatic heterocycles. The van der Waals surface area contributed by atoms with Crippen LogP contribution in [0.3, 0.4) is 0 Å². The van der Waals surface area contributed by atoms with Crippen LogP contribution in [-0.2, 0) is 10.0 Å². The van der Waals surface area contributed by atoms with E-state index >= 15 is 0 Å². The third-order valence-corrected chi connectivity index (χ3v) is 5.86. The van der Waals surface area contributed by atoms with E-state index in [-0.39, 0.29) is 11.8 Å². The Kier molecular flexibility index (Phi) is 5.48. The van der Waals surface area contributed by atoms with Crippen LogP contribution in [0.2, 0.25) is 5.02 Å². The van der Waals surface area contributed by atoms with Crippen molar-refractivity contribution in [3.8, 4) is 5.75 Å². The van der Waals surface area contributed by atoms with Crippen LogP contribution >= 0.6 is 11.6 Å². The van der Waals surface area contributed by atoms with Crippen LogP contribution < -0.4 is 10.1 Å². The Morgan fingerprint density at radius 2 is 2.24 bits per heavy atom. The van der Waals surface area contributed by atoms with Gasteiger partial charge in [-0.2, -0.15) is 0 Å². The molecule has 0 bridgehead atoms. The van der Waals surface area contributed by atoms with Crippen molar-refractivity contribution in [3.63, 3.8) is 0 Å². The van der Waals surface area contributed by atoms with Gasteiger partial charge in [0, 0.05) is 36.3 Å². The van der Waals surface area contributed by atoms with Crippen LogP contribution in [-0.4, -0.2) is 45.2 Å². The van der Waals surface area contributed by atoms with Crippen molar-refractivity contribution >= 4 is 21.6 Å². The van der Waals surface area contributed by atoms with Crippen LogP contribution in [0.15, 0.2) is 18.2 Å². The lowest BCUT2D eigenvalue weighted by Crippen LogP contribution is -2.34. The van der Waals surface area contributed by atoms with Crippen molar-refractivity contribution < 1.29 is 13.2 Å². The Balaban J connectivity index is 1.93. The Labute approximate surface area is 131 Å². The highest BCUT2D eigenvalue weighted by Gasteiger charge is 2.27. The van der Waals surface area contributed by atoms with Gasteiger partial charge in [0.05, 0.1) is 12.9 Å². The molecule has 21 heavy (non-hydrogen) atoms. The van der Waals surface area contributed by atoms with Crippen LogP contribution in [0.4, 0.5) is 0 Å². The van der Waals surface area contributed by atoms with Gasteiger partial charge in [-0.1, -0.05) is 11.6 Å². The molecule has 1 aliphatic rings. The first-order chi connectivity index (χ1) is 9.94. The minimum absolute atomic E-state index is 0.0314. The lowest BCUT2D eigenvalue weighted by atomic mass is 10.1. The SMILES string of the molecule is COc1ccc(Cl)cc1[C@H](C)NCCN1CCCS1(=O)=O. The summed E-state index contributed by atoms with van der Waals surface area (Å²) < 4.78 is 30.3. The van der Waals surface area contributed by atoms with E-state index in [0.29, 0.717) is 24.7 Å². The van der Waals surface area contributed by atoms with Crippen LogP contribution in [0.5, 0.6) is 5.75 Å². The molecule has 5 nitrogen and oxygen atoms in total. The average molecular weight is 333 g/mol. The maximum Gasteiger partial charge on any atom is 0.214 e. The van der Waals surface area contributed by atoms with E-state index in [2.05, 4.69) is 5.32 Å². The molecule has 118 valence electrons. The van der Waals surface area contributed by atoms with Crippen LogP contribution in [0, 0.1) is 0 Å². The van der Waals surface area contributed by atoms with Crippen molar-refractivity contribution in [3.05, 3.63) is 28.8 Å². The van der Waals surface area contributed by atoms with Gasteiger partial charge < -0.3 is 10.1 Å². The van der Waals surface area contributed by atoms with E-state index in [9.17, 15) is 8.42 Å². The predicted molar refractivity (Wildman–Crippen MR) is 84.4 cm³/mol. The van der Waals surface area contributed by atoms with Gasteiger partial charge in [0.15, 0.2) is 0 Å². The predicted octanol–water partition coefficient (Wildman–Crippen LogP) is 2.03. The number of ether oxygens (including phenoxy) is 1. The molecule has 7 heteroatoms. The first-order valence-corrected chi connectivity index (χ1v) is 8.97. The van der Waals surface area contributed by atoms with Gasteiger partial charge in [0.1, 0.15) is 5.75 Å². The lowest BCUT2D eigenvalue weighted by Gasteiger charge is -2.20. The van der Waals surface area contributed by atoms with E-state index in [0.717, 1.165) is 17.7 Å². The van der Waals surface area contributed by atoms with Gasteiger partial charge in [0.25, 0.3) is 0 Å². The topological polar surface area (TPSA) is 58.6 Å². The number of rotatable bonds is 6. The standard InChI is InChI=1S/C14H21ClN2O3S/c1-11(13-10-12(15)4-5-14(13)20-2)16-6-8-17-7-3-9-21(17,18)19/h4-5,10-11,16H,3,6-9H2,1-2H3/t11-/m0/s1. The zero-order valence-electron chi connectivity index (χ0n) is 12.3. The largest absolute Gasteiger partial charge is 0.496 e. The highest BCUT2D eigenvalue weighted by atomic mass is 35.5. The molecule has 0 aliphatic carbocycles. The van der Waals surface area contributed by atoms with Gasteiger partial charge in [0.2, 0.25) is 10.0 Å². The van der Waals surface area contributed by atoms with Crippen LogP contribution in [0.1, 0.15) is 24.9 Å². The normalized spacial score (nSPS) is 19.6. The molecule has 1 aromatic rings. The maximum absolute atomic E-state index is 11.7. The summed E-state index contributed by atoms with van der Waals surface area (Å²) >= 11 is 6.02. The summed E-state index contributed by atoms with van der Waals surface area (Å²) in [5.41, 5.74) is 0.967. The van der Waals surface area contributed by atoms with E-state index < -0.39 is 10.0 Å². The fourth-order valence-corrected chi connectivity index (χ4v) is 4.21. The molecule has 1 fully saturated rings. The maximum atomic E-state index is 11.7. The third kappa shape index (κ3) is 4.10. The molecule has 0 unspecified atom stereocenters. The molecular weight excluding hydrogens is 312 g/mol. The highest BCUT2D eigenvalue weighted by molar-refractivity contribution is 7.89. The fourth-order valence-electron chi connectivity index (χ4n) is 2.50. The van der Waals surface area contributed by atoms with Crippen molar-refractivity contribution in [2.45, 2.75) is 19.4 Å². The number of hydrogen-bond donors (Lipinski definition) is 1. The smallest absolute Gasteiger partial charge is 0.214 e. The number of sulfonamides is 1. The molecule has 2 rings (SSSR count). The van der Waals surface area contributed by atoms with Crippen LogP contribution in [0.25, 0.3) is 0 Å². The minimum atomic E-state index is -3.02. The molecule has 1 aromatic carbocycles. The Morgan fingerprint density at radius 1 is 1.48 bits per heavy atom. The number of nitrogens with zero attached hydrogens (tertiary/aromatic N) is 1. The molecule has 0 saturated carbocycles. The molecule has 0 spiro atoms. The van der Waals surface area contributed by atoms with E-state index in [1.54, 1.807) is 17.5 Å². The van der Waals surface area contributed by atoms with Gasteiger partial charge in [-0.25, -0.2) is 12.7 Å². The Bertz CT molecular complexity index is 592. The number of halogens is 1. The van der Waals surface area contributed by atoms with E-state index in [4.69, 9.17) is 16.3 Å². The molecule has 1 N–H and O–H groups in total. The summed E-state index contributed by atoms with van der Waals surface area (Å²) in [6.07, 6.45) is 0.722. The molecule has 1 aliphatic heterocycles. The van der Waals surface area contributed by atoms with E-state index in [1.165, 1.54) is 0 Å². The van der Waals surface area contributed by atoms with Crippen molar-refractivity contribution in [2.75, 3.05) is 32.5 Å². The molecule has 1 heterocycles. The zero-order chi connectivity index (χ0) is 15.5. The molecule has 1 atom stereocenters. The first kappa shape index (κ1) is 16.5. The average Bonchev–Trinajstić information content (AvgIpc) is 2.78. The summed E-state index contributed by atoms with van der Waals surface area (Å²) in [7, 11) is -1.40. The number of benzene rings is 1.